The van der Waals surface area contributed by atoms with Gasteiger partial charge in [0.05, 0.1) is 11.5 Å². The number of carbonyl (C=O) groups excluding carboxylic acids is 2. The van der Waals surface area contributed by atoms with Crippen molar-refractivity contribution in [3.63, 3.8) is 0 Å². The molecule has 0 saturated carbocycles. The van der Waals surface area contributed by atoms with Gasteiger partial charge in [0.15, 0.2) is 0 Å². The van der Waals surface area contributed by atoms with Crippen LogP contribution in [0.2, 0.25) is 0 Å². The average Bonchev–Trinajstić information content (AvgIpc) is 3.20. The van der Waals surface area contributed by atoms with E-state index in [1.807, 2.05) is 32.0 Å². The molecule has 1 saturated heterocycles. The smallest absolute Gasteiger partial charge is 0.251 e. The van der Waals surface area contributed by atoms with Crippen LogP contribution in [0.3, 0.4) is 0 Å². The van der Waals surface area contributed by atoms with E-state index in [1.165, 1.54) is 0 Å². The molecule has 2 amide bonds. The molecule has 0 radical (unpaired) electrons. The Hall–Kier alpha value is -1.63. The lowest BCUT2D eigenvalue weighted by Gasteiger charge is -2.28. The van der Waals surface area contributed by atoms with Crippen molar-refractivity contribution in [2.75, 3.05) is 19.7 Å². The number of benzene rings is 1. The van der Waals surface area contributed by atoms with Crippen LogP contribution in [-0.4, -0.2) is 37.6 Å². The summed E-state index contributed by atoms with van der Waals surface area (Å²) < 4.78 is 5.52. The lowest BCUT2D eigenvalue weighted by Crippen LogP contribution is -2.45. The molecule has 27 heavy (non-hydrogen) atoms. The normalized spacial score (nSPS) is 16.5. The zero-order chi connectivity index (χ0) is 19.0. The van der Waals surface area contributed by atoms with E-state index in [1.54, 1.807) is 6.07 Å². The average molecular weight is 398 g/mol. The summed E-state index contributed by atoms with van der Waals surface area (Å²) in [5.41, 5.74) is 6.78. The first-order valence-corrected chi connectivity index (χ1v) is 9.51. The fraction of sp³-hybridized carbons (Fsp3) is 0.600. The number of nitrogens with two attached hydrogens (primary N) is 1. The van der Waals surface area contributed by atoms with Crippen LogP contribution in [0.4, 0.5) is 0 Å². The minimum atomic E-state index is -0.518. The number of rotatable bonds is 9. The molecule has 1 fully saturated rings. The van der Waals surface area contributed by atoms with Gasteiger partial charge in [-0.3, -0.25) is 9.59 Å². The van der Waals surface area contributed by atoms with Gasteiger partial charge in [0.1, 0.15) is 0 Å². The first-order valence-electron chi connectivity index (χ1n) is 9.51. The molecule has 2 rings (SSSR count). The van der Waals surface area contributed by atoms with Crippen molar-refractivity contribution in [2.24, 2.45) is 11.1 Å². The second-order valence-electron chi connectivity index (χ2n) is 6.92. The number of amides is 2. The lowest BCUT2D eigenvalue weighted by molar-refractivity contribution is -0.131. The Balaban J connectivity index is 0.00000364. The van der Waals surface area contributed by atoms with Crippen LogP contribution in [0.1, 0.15) is 55.5 Å². The Bertz CT molecular complexity index is 606. The zero-order valence-electron chi connectivity index (χ0n) is 16.3. The number of carbonyl (C=O) groups is 2. The maximum Gasteiger partial charge on any atom is 0.251 e. The van der Waals surface area contributed by atoms with Crippen LogP contribution in [0.25, 0.3) is 0 Å². The Morgan fingerprint density at radius 2 is 2.00 bits per heavy atom. The highest BCUT2D eigenvalue weighted by atomic mass is 35.5. The Morgan fingerprint density at radius 1 is 1.26 bits per heavy atom. The molecule has 1 atom stereocenters. The molecule has 0 aromatic heterocycles. The summed E-state index contributed by atoms with van der Waals surface area (Å²) >= 11 is 0. The largest absolute Gasteiger partial charge is 0.376 e. The standard InChI is InChI=1S/C20H31N3O3.ClH/c1-3-20(4-2,14-21)19(25)23-12-15-7-5-8-16(11-15)18(24)22-13-17-9-6-10-26-17;/h5,7-8,11,17H,3-4,6,9-10,12-14,21H2,1-2H3,(H,22,24)(H,23,25);1H. The van der Waals surface area contributed by atoms with Crippen LogP contribution in [-0.2, 0) is 16.1 Å². The molecule has 1 unspecified atom stereocenters. The third-order valence-electron chi connectivity index (χ3n) is 5.38. The van der Waals surface area contributed by atoms with Crippen molar-refractivity contribution in [3.05, 3.63) is 35.4 Å². The van der Waals surface area contributed by atoms with Gasteiger partial charge in [0, 0.05) is 31.8 Å². The minimum Gasteiger partial charge on any atom is -0.376 e. The van der Waals surface area contributed by atoms with Crippen LogP contribution in [0.5, 0.6) is 0 Å². The van der Waals surface area contributed by atoms with Gasteiger partial charge in [-0.1, -0.05) is 26.0 Å². The number of nitrogens with one attached hydrogen (secondary N) is 2. The summed E-state index contributed by atoms with van der Waals surface area (Å²) in [4.78, 5) is 24.8. The topological polar surface area (TPSA) is 93.5 Å². The molecule has 1 aliphatic rings. The summed E-state index contributed by atoms with van der Waals surface area (Å²) in [6.07, 6.45) is 3.57. The van der Waals surface area contributed by atoms with Gasteiger partial charge in [-0.15, -0.1) is 12.4 Å². The summed E-state index contributed by atoms with van der Waals surface area (Å²) in [5, 5.41) is 5.88. The third kappa shape index (κ3) is 6.19. The monoisotopic (exact) mass is 397 g/mol. The molecule has 0 spiro atoms. The molecule has 6 nitrogen and oxygen atoms in total. The molecule has 1 aromatic rings. The maximum atomic E-state index is 12.5. The van der Waals surface area contributed by atoms with Gasteiger partial charge in [-0.05, 0) is 43.4 Å². The van der Waals surface area contributed by atoms with Gasteiger partial charge in [0.2, 0.25) is 5.91 Å². The molecule has 1 heterocycles. The second kappa shape index (κ2) is 11.3. The number of ether oxygens (including phenoxy) is 1. The molecule has 4 N–H and O–H groups in total. The van der Waals surface area contributed by atoms with Crippen molar-refractivity contribution in [3.8, 4) is 0 Å². The summed E-state index contributed by atoms with van der Waals surface area (Å²) in [5.74, 6) is -0.148. The zero-order valence-corrected chi connectivity index (χ0v) is 17.1. The fourth-order valence-corrected chi connectivity index (χ4v) is 3.26. The fourth-order valence-electron chi connectivity index (χ4n) is 3.26. The highest BCUT2D eigenvalue weighted by Crippen LogP contribution is 2.25. The molecule has 0 aliphatic carbocycles. The molecule has 152 valence electrons. The maximum absolute atomic E-state index is 12.5. The number of hydrogen-bond donors (Lipinski definition) is 3. The van der Waals surface area contributed by atoms with E-state index in [-0.39, 0.29) is 30.3 Å². The van der Waals surface area contributed by atoms with Crippen molar-refractivity contribution in [1.29, 1.82) is 0 Å². The number of halogens is 1. The quantitative estimate of drug-likeness (QED) is 0.596. The van der Waals surface area contributed by atoms with Gasteiger partial charge in [-0.25, -0.2) is 0 Å². The van der Waals surface area contributed by atoms with Gasteiger partial charge >= 0.3 is 0 Å². The second-order valence-corrected chi connectivity index (χ2v) is 6.92. The Kier molecular flexibility index (Phi) is 9.77. The van der Waals surface area contributed by atoms with Crippen molar-refractivity contribution >= 4 is 24.2 Å². The molecule has 1 aromatic carbocycles. The highest BCUT2D eigenvalue weighted by molar-refractivity contribution is 5.94. The predicted octanol–water partition coefficient (Wildman–Crippen LogP) is 2.40. The van der Waals surface area contributed by atoms with E-state index in [0.717, 1.165) is 25.0 Å². The van der Waals surface area contributed by atoms with E-state index in [2.05, 4.69) is 10.6 Å². The van der Waals surface area contributed by atoms with E-state index >= 15 is 0 Å². The lowest BCUT2D eigenvalue weighted by atomic mass is 9.81. The summed E-state index contributed by atoms with van der Waals surface area (Å²) in [6, 6.07) is 7.32. The number of hydrogen-bond acceptors (Lipinski definition) is 4. The van der Waals surface area contributed by atoms with Crippen molar-refractivity contribution in [1.82, 2.24) is 10.6 Å². The highest BCUT2D eigenvalue weighted by Gasteiger charge is 2.32. The van der Waals surface area contributed by atoms with E-state index in [9.17, 15) is 9.59 Å². The van der Waals surface area contributed by atoms with Crippen LogP contribution < -0.4 is 16.4 Å². The SMILES string of the molecule is CCC(CC)(CN)C(=O)NCc1cccc(C(=O)NCC2CCCO2)c1.Cl. The first-order chi connectivity index (χ1) is 12.5. The minimum absolute atomic E-state index is 0. The summed E-state index contributed by atoms with van der Waals surface area (Å²) in [6.45, 7) is 5.98. The van der Waals surface area contributed by atoms with Crippen LogP contribution in [0, 0.1) is 5.41 Å². The molecule has 1 aliphatic heterocycles. The Morgan fingerprint density at radius 3 is 2.59 bits per heavy atom. The first kappa shape index (κ1) is 23.4. The molecular weight excluding hydrogens is 366 g/mol. The van der Waals surface area contributed by atoms with Crippen LogP contribution in [0.15, 0.2) is 24.3 Å². The predicted molar refractivity (Wildman–Crippen MR) is 109 cm³/mol. The van der Waals surface area contributed by atoms with Crippen molar-refractivity contribution < 1.29 is 14.3 Å². The third-order valence-corrected chi connectivity index (χ3v) is 5.38. The molecule has 7 heteroatoms. The van der Waals surface area contributed by atoms with E-state index in [4.69, 9.17) is 10.5 Å². The summed E-state index contributed by atoms with van der Waals surface area (Å²) in [7, 11) is 0. The van der Waals surface area contributed by atoms with E-state index in [0.29, 0.717) is 38.0 Å². The van der Waals surface area contributed by atoms with E-state index < -0.39 is 5.41 Å². The molecule has 0 bridgehead atoms. The Labute approximate surface area is 168 Å². The van der Waals surface area contributed by atoms with Crippen LogP contribution >= 0.6 is 12.4 Å². The van der Waals surface area contributed by atoms with Gasteiger partial charge < -0.3 is 21.1 Å². The van der Waals surface area contributed by atoms with Gasteiger partial charge in [-0.2, -0.15) is 0 Å². The molecular formula is C20H32ClN3O3. The van der Waals surface area contributed by atoms with Crippen molar-refractivity contribution in [2.45, 2.75) is 52.2 Å². The van der Waals surface area contributed by atoms with Gasteiger partial charge in [0.25, 0.3) is 5.91 Å².